The summed E-state index contributed by atoms with van der Waals surface area (Å²) in [7, 11) is 0. The number of pyridine rings is 1. The lowest BCUT2D eigenvalue weighted by Crippen LogP contribution is -2.06. The van der Waals surface area contributed by atoms with Gasteiger partial charge in [-0.1, -0.05) is 12.1 Å². The molecule has 0 atom stereocenters. The molecule has 158 valence electrons. The standard InChI is InChI=1S/C21H15F3N4O3/c1-2-31-20-25-10-15-14-7-6-11(19(29)30)8-16(14)27-18(17(15)28-20)26-13-5-3-4-12(9-13)21(22,23)24/h3-10H,2H2,1H3,(H,26,27)(H,29,30). The smallest absolute Gasteiger partial charge is 0.416 e. The Balaban J connectivity index is 1.92. The molecule has 4 aromatic rings. The number of carbonyl (C=O) groups is 1. The number of carboxylic acids is 1. The molecule has 0 saturated heterocycles. The zero-order valence-electron chi connectivity index (χ0n) is 16.1. The summed E-state index contributed by atoms with van der Waals surface area (Å²) in [6, 6.07) is 9.15. The van der Waals surface area contributed by atoms with E-state index in [0.29, 0.717) is 28.4 Å². The van der Waals surface area contributed by atoms with Crippen LogP contribution in [0.4, 0.5) is 24.7 Å². The van der Waals surface area contributed by atoms with Crippen molar-refractivity contribution in [2.75, 3.05) is 11.9 Å². The summed E-state index contributed by atoms with van der Waals surface area (Å²) in [4.78, 5) is 24.3. The Hall–Kier alpha value is -3.95. The summed E-state index contributed by atoms with van der Waals surface area (Å²) in [5, 5.41) is 13.3. The molecule has 0 bridgehead atoms. The fourth-order valence-electron chi connectivity index (χ4n) is 3.10. The van der Waals surface area contributed by atoms with Crippen molar-refractivity contribution in [2.24, 2.45) is 0 Å². The van der Waals surface area contributed by atoms with Gasteiger partial charge in [0, 0.05) is 22.7 Å². The Morgan fingerprint density at radius 2 is 1.94 bits per heavy atom. The van der Waals surface area contributed by atoms with Gasteiger partial charge in [0.15, 0.2) is 5.82 Å². The number of hydrogen-bond donors (Lipinski definition) is 2. The van der Waals surface area contributed by atoms with Gasteiger partial charge in [-0.25, -0.2) is 14.8 Å². The van der Waals surface area contributed by atoms with Crippen LogP contribution in [0, 0.1) is 0 Å². The maximum atomic E-state index is 13.1. The fourth-order valence-corrected chi connectivity index (χ4v) is 3.10. The molecule has 0 spiro atoms. The maximum absolute atomic E-state index is 13.1. The van der Waals surface area contributed by atoms with Gasteiger partial charge in [-0.3, -0.25) is 0 Å². The minimum atomic E-state index is -4.50. The van der Waals surface area contributed by atoms with E-state index in [0.717, 1.165) is 12.1 Å². The third-order valence-electron chi connectivity index (χ3n) is 4.48. The number of alkyl halides is 3. The number of aromatic carboxylic acids is 1. The van der Waals surface area contributed by atoms with E-state index in [1.165, 1.54) is 30.5 Å². The number of hydrogen-bond acceptors (Lipinski definition) is 6. The van der Waals surface area contributed by atoms with Crippen molar-refractivity contribution >= 4 is 39.3 Å². The number of benzene rings is 2. The van der Waals surface area contributed by atoms with Crippen molar-refractivity contribution in [3.63, 3.8) is 0 Å². The summed E-state index contributed by atoms with van der Waals surface area (Å²) in [6.07, 6.45) is -2.99. The summed E-state index contributed by atoms with van der Waals surface area (Å²) in [5.41, 5.74) is 0.00613. The Morgan fingerprint density at radius 1 is 1.13 bits per heavy atom. The first-order chi connectivity index (χ1) is 14.8. The number of fused-ring (bicyclic) bond motifs is 3. The van der Waals surface area contributed by atoms with Crippen LogP contribution in [-0.4, -0.2) is 32.6 Å². The Labute approximate surface area is 173 Å². The minimum Gasteiger partial charge on any atom is -0.478 e. The first-order valence-corrected chi connectivity index (χ1v) is 9.17. The van der Waals surface area contributed by atoms with Gasteiger partial charge < -0.3 is 15.2 Å². The van der Waals surface area contributed by atoms with Crippen LogP contribution >= 0.6 is 0 Å². The summed E-state index contributed by atoms with van der Waals surface area (Å²) >= 11 is 0. The van der Waals surface area contributed by atoms with Gasteiger partial charge in [0.2, 0.25) is 0 Å². The average molecular weight is 428 g/mol. The lowest BCUT2D eigenvalue weighted by atomic mass is 10.1. The first kappa shape index (κ1) is 20.3. The third-order valence-corrected chi connectivity index (χ3v) is 4.48. The molecule has 4 rings (SSSR count). The van der Waals surface area contributed by atoms with E-state index in [9.17, 15) is 23.1 Å². The molecule has 0 saturated carbocycles. The highest BCUT2D eigenvalue weighted by molar-refractivity contribution is 6.09. The van der Waals surface area contributed by atoms with Crippen LogP contribution in [0.15, 0.2) is 48.7 Å². The van der Waals surface area contributed by atoms with Gasteiger partial charge >= 0.3 is 18.2 Å². The van der Waals surface area contributed by atoms with Crippen molar-refractivity contribution in [3.05, 3.63) is 59.8 Å². The van der Waals surface area contributed by atoms with E-state index in [1.54, 1.807) is 13.0 Å². The number of nitrogens with one attached hydrogen (secondary N) is 1. The van der Waals surface area contributed by atoms with Crippen molar-refractivity contribution in [2.45, 2.75) is 13.1 Å². The lowest BCUT2D eigenvalue weighted by Gasteiger charge is -2.13. The van der Waals surface area contributed by atoms with Crippen LogP contribution in [-0.2, 0) is 6.18 Å². The molecule has 2 N–H and O–H groups in total. The minimum absolute atomic E-state index is 0.0243. The molecule has 31 heavy (non-hydrogen) atoms. The predicted molar refractivity (Wildman–Crippen MR) is 108 cm³/mol. The van der Waals surface area contributed by atoms with Crippen LogP contribution < -0.4 is 10.1 Å². The van der Waals surface area contributed by atoms with E-state index in [2.05, 4.69) is 20.3 Å². The monoisotopic (exact) mass is 428 g/mol. The molecule has 2 aromatic carbocycles. The molecule has 2 aromatic heterocycles. The average Bonchev–Trinajstić information content (AvgIpc) is 2.73. The van der Waals surface area contributed by atoms with Crippen LogP contribution in [0.5, 0.6) is 6.01 Å². The van der Waals surface area contributed by atoms with Crippen LogP contribution in [0.1, 0.15) is 22.8 Å². The second-order valence-electron chi connectivity index (χ2n) is 6.55. The molecule has 0 radical (unpaired) electrons. The van der Waals surface area contributed by atoms with Crippen molar-refractivity contribution in [1.29, 1.82) is 0 Å². The van der Waals surface area contributed by atoms with E-state index >= 15 is 0 Å². The summed E-state index contributed by atoms with van der Waals surface area (Å²) in [6.45, 7) is 2.09. The van der Waals surface area contributed by atoms with E-state index in [1.807, 2.05) is 0 Å². The molecule has 2 heterocycles. The van der Waals surface area contributed by atoms with Crippen molar-refractivity contribution < 1.29 is 27.8 Å². The number of halogens is 3. The SMILES string of the molecule is CCOc1ncc2c(n1)c(Nc1cccc(C(F)(F)F)c1)nc1cc(C(=O)O)ccc12. The predicted octanol–water partition coefficient (Wildman–Crippen LogP) is 5.04. The third kappa shape index (κ3) is 4.04. The number of anilines is 2. The molecule has 0 aliphatic carbocycles. The normalized spacial score (nSPS) is 11.6. The van der Waals surface area contributed by atoms with Crippen molar-refractivity contribution in [3.8, 4) is 6.01 Å². The van der Waals surface area contributed by atoms with Gasteiger partial charge in [-0.15, -0.1) is 0 Å². The highest BCUT2D eigenvalue weighted by Crippen LogP contribution is 2.34. The lowest BCUT2D eigenvalue weighted by molar-refractivity contribution is -0.137. The summed E-state index contributed by atoms with van der Waals surface area (Å²) < 4.78 is 44.6. The number of carboxylic acid groups (broad SMARTS) is 1. The second-order valence-corrected chi connectivity index (χ2v) is 6.55. The van der Waals surface area contributed by atoms with Gasteiger partial charge in [0.1, 0.15) is 5.52 Å². The van der Waals surface area contributed by atoms with E-state index < -0.39 is 17.7 Å². The van der Waals surface area contributed by atoms with E-state index in [-0.39, 0.29) is 23.1 Å². The highest BCUT2D eigenvalue weighted by atomic mass is 19.4. The van der Waals surface area contributed by atoms with Crippen LogP contribution in [0.25, 0.3) is 21.8 Å². The molecular weight excluding hydrogens is 413 g/mol. The molecule has 0 unspecified atom stereocenters. The van der Waals surface area contributed by atoms with Gasteiger partial charge in [0.25, 0.3) is 0 Å². The topological polar surface area (TPSA) is 97.2 Å². The fraction of sp³-hybridized carbons (Fsp3) is 0.143. The molecule has 10 heteroatoms. The number of nitrogens with zero attached hydrogens (tertiary/aromatic N) is 3. The van der Waals surface area contributed by atoms with Crippen molar-refractivity contribution in [1.82, 2.24) is 15.0 Å². The maximum Gasteiger partial charge on any atom is 0.416 e. The quantitative estimate of drug-likeness (QED) is 0.430. The second kappa shape index (κ2) is 7.71. The molecule has 0 aliphatic heterocycles. The summed E-state index contributed by atoms with van der Waals surface area (Å²) in [5.74, 6) is -0.980. The van der Waals surface area contributed by atoms with E-state index in [4.69, 9.17) is 4.74 Å². The number of rotatable bonds is 5. The Morgan fingerprint density at radius 3 is 2.65 bits per heavy atom. The highest BCUT2D eigenvalue weighted by Gasteiger charge is 2.30. The van der Waals surface area contributed by atoms with Gasteiger partial charge in [-0.05, 0) is 37.3 Å². The number of ether oxygens (including phenoxy) is 1. The van der Waals surface area contributed by atoms with Gasteiger partial charge in [0.05, 0.1) is 23.3 Å². The number of aromatic nitrogens is 3. The molecule has 0 fully saturated rings. The Kier molecular flexibility index (Phi) is 5.05. The molecule has 7 nitrogen and oxygen atoms in total. The largest absolute Gasteiger partial charge is 0.478 e. The zero-order chi connectivity index (χ0) is 22.2. The zero-order valence-corrected chi connectivity index (χ0v) is 16.1. The Bertz CT molecular complexity index is 1310. The molecule has 0 amide bonds. The van der Waals surface area contributed by atoms with Gasteiger partial charge in [-0.2, -0.15) is 18.2 Å². The first-order valence-electron chi connectivity index (χ1n) is 9.17. The van der Waals surface area contributed by atoms with Crippen LogP contribution in [0.2, 0.25) is 0 Å². The molecular formula is C21H15F3N4O3. The van der Waals surface area contributed by atoms with Crippen LogP contribution in [0.3, 0.4) is 0 Å². The molecule has 0 aliphatic rings.